The predicted octanol–water partition coefficient (Wildman–Crippen LogP) is 5.06. The molecular weight excluding hydrogens is 432 g/mol. The summed E-state index contributed by atoms with van der Waals surface area (Å²) in [5, 5.41) is 24.6. The zero-order valence-corrected chi connectivity index (χ0v) is 19.2. The van der Waals surface area contributed by atoms with Crippen molar-refractivity contribution < 1.29 is 24.5 Å². The average molecular weight is 459 g/mol. The van der Waals surface area contributed by atoms with E-state index >= 15 is 0 Å². The van der Waals surface area contributed by atoms with Crippen LogP contribution in [0.5, 0.6) is 17.2 Å². The minimum Gasteiger partial charge on any atom is -0.508 e. The van der Waals surface area contributed by atoms with Crippen LogP contribution < -0.4 is 4.74 Å². The summed E-state index contributed by atoms with van der Waals surface area (Å²) in [7, 11) is 1.87. The van der Waals surface area contributed by atoms with Crippen molar-refractivity contribution in [2.45, 2.75) is 26.1 Å². The van der Waals surface area contributed by atoms with Gasteiger partial charge in [-0.25, -0.2) is 4.79 Å². The Hall–Kier alpha value is -4.10. The van der Waals surface area contributed by atoms with Gasteiger partial charge in [-0.05, 0) is 55.3 Å². The number of ether oxygens (including phenoxy) is 2. The lowest BCUT2D eigenvalue weighted by atomic mass is 10.1. The summed E-state index contributed by atoms with van der Waals surface area (Å²) in [6, 6.07) is 19.2. The lowest BCUT2D eigenvalue weighted by Gasteiger charge is -2.22. The van der Waals surface area contributed by atoms with Crippen molar-refractivity contribution >= 4 is 29.0 Å². The molecule has 0 bridgehead atoms. The zero-order chi connectivity index (χ0) is 24.3. The van der Waals surface area contributed by atoms with Crippen LogP contribution in [0.25, 0.3) is 23.1 Å². The van der Waals surface area contributed by atoms with Gasteiger partial charge in [-0.1, -0.05) is 42.5 Å². The Balaban J connectivity index is 1.37. The molecule has 0 aliphatic carbocycles. The molecule has 0 saturated carbocycles. The highest BCUT2D eigenvalue weighted by Crippen LogP contribution is 2.24. The van der Waals surface area contributed by atoms with Crippen molar-refractivity contribution in [3.8, 4) is 17.2 Å². The minimum atomic E-state index is -1.17. The van der Waals surface area contributed by atoms with Gasteiger partial charge < -0.3 is 19.7 Å². The summed E-state index contributed by atoms with van der Waals surface area (Å²) in [6.07, 6.45) is 3.59. The number of aromatic nitrogens is 2. The topological polar surface area (TPSA) is 93.8 Å². The number of nitrogens with zero attached hydrogens (tertiary/aromatic N) is 2. The Morgan fingerprint density at radius 3 is 2.32 bits per heavy atom. The standard InChI is InChI=1S/C27H26N2O5/c1-27(2,33-17-24-23-6-4-5-7-25(23)29(3)28-24)26(32)34-22-12-10-18(11-13-22)8-9-19-14-20(30)16-21(31)15-19/h4-16,30-31H,17H2,1-3H3/b9-8+. The maximum absolute atomic E-state index is 12.7. The van der Waals surface area contributed by atoms with Crippen LogP contribution in [0, 0.1) is 0 Å². The number of phenols is 2. The van der Waals surface area contributed by atoms with Gasteiger partial charge in [-0.2, -0.15) is 5.10 Å². The Labute approximate surface area is 197 Å². The molecule has 174 valence electrons. The summed E-state index contributed by atoms with van der Waals surface area (Å²) in [6.45, 7) is 3.52. The first-order valence-corrected chi connectivity index (χ1v) is 10.8. The van der Waals surface area contributed by atoms with Gasteiger partial charge in [-0.15, -0.1) is 0 Å². The molecule has 1 aromatic heterocycles. The van der Waals surface area contributed by atoms with Gasteiger partial charge in [-0.3, -0.25) is 4.68 Å². The van der Waals surface area contributed by atoms with E-state index in [-0.39, 0.29) is 18.1 Å². The van der Waals surface area contributed by atoms with Gasteiger partial charge in [0.05, 0.1) is 17.8 Å². The maximum Gasteiger partial charge on any atom is 0.343 e. The highest BCUT2D eigenvalue weighted by Gasteiger charge is 2.31. The van der Waals surface area contributed by atoms with Gasteiger partial charge in [0.2, 0.25) is 0 Å². The number of phenolic OH excluding ortho intramolecular Hbond substituents is 2. The van der Waals surface area contributed by atoms with Gasteiger partial charge in [0, 0.05) is 18.5 Å². The molecule has 0 aliphatic rings. The molecule has 0 spiro atoms. The number of hydrogen-bond donors (Lipinski definition) is 2. The van der Waals surface area contributed by atoms with Crippen LogP contribution in [-0.2, 0) is 23.2 Å². The summed E-state index contributed by atoms with van der Waals surface area (Å²) in [5.41, 5.74) is 2.11. The third-order valence-electron chi connectivity index (χ3n) is 5.38. The van der Waals surface area contributed by atoms with Gasteiger partial charge in [0.1, 0.15) is 17.2 Å². The first kappa shape index (κ1) is 23.1. The van der Waals surface area contributed by atoms with Crippen LogP contribution in [0.2, 0.25) is 0 Å². The van der Waals surface area contributed by atoms with Crippen LogP contribution in [0.3, 0.4) is 0 Å². The molecule has 7 heteroatoms. The van der Waals surface area contributed by atoms with E-state index in [0.717, 1.165) is 22.2 Å². The summed E-state index contributed by atoms with van der Waals surface area (Å²) < 4.78 is 13.2. The fraction of sp³-hybridized carbons (Fsp3) is 0.185. The fourth-order valence-electron chi connectivity index (χ4n) is 3.49. The van der Waals surface area contributed by atoms with Crippen molar-refractivity contribution in [3.63, 3.8) is 0 Å². The molecule has 1 heterocycles. The molecule has 0 saturated heterocycles. The third kappa shape index (κ3) is 5.27. The van der Waals surface area contributed by atoms with Crippen molar-refractivity contribution in [2.24, 2.45) is 7.05 Å². The quantitative estimate of drug-likeness (QED) is 0.229. The zero-order valence-electron chi connectivity index (χ0n) is 19.2. The van der Waals surface area contributed by atoms with E-state index in [2.05, 4.69) is 5.10 Å². The number of fused-ring (bicyclic) bond motifs is 1. The normalized spacial score (nSPS) is 11.9. The Morgan fingerprint density at radius 2 is 1.62 bits per heavy atom. The highest BCUT2D eigenvalue weighted by atomic mass is 16.6. The van der Waals surface area contributed by atoms with Gasteiger partial charge in [0.25, 0.3) is 0 Å². The number of aromatic hydroxyl groups is 2. The van der Waals surface area contributed by atoms with E-state index in [4.69, 9.17) is 9.47 Å². The van der Waals surface area contributed by atoms with Crippen LogP contribution in [0.4, 0.5) is 0 Å². The molecule has 4 aromatic rings. The number of carbonyl (C=O) groups excluding carboxylic acids is 1. The van der Waals surface area contributed by atoms with Crippen molar-refractivity contribution in [1.29, 1.82) is 0 Å². The smallest absolute Gasteiger partial charge is 0.343 e. The van der Waals surface area contributed by atoms with Crippen LogP contribution in [0.15, 0.2) is 66.7 Å². The molecule has 0 unspecified atom stereocenters. The predicted molar refractivity (Wildman–Crippen MR) is 130 cm³/mol. The maximum atomic E-state index is 12.7. The minimum absolute atomic E-state index is 0.0111. The molecular formula is C27H26N2O5. The Kier molecular flexibility index (Phi) is 6.38. The molecule has 34 heavy (non-hydrogen) atoms. The lowest BCUT2D eigenvalue weighted by Crippen LogP contribution is -2.38. The third-order valence-corrected chi connectivity index (χ3v) is 5.38. The molecule has 2 N–H and O–H groups in total. The SMILES string of the molecule is Cn1nc(COC(C)(C)C(=O)Oc2ccc(/C=C/c3cc(O)cc(O)c3)cc2)c2ccccc21. The molecule has 0 radical (unpaired) electrons. The van der Waals surface area contributed by atoms with Crippen LogP contribution in [-0.4, -0.2) is 31.6 Å². The highest BCUT2D eigenvalue weighted by molar-refractivity contribution is 5.82. The molecule has 0 amide bonds. The van der Waals surface area contributed by atoms with E-state index in [1.807, 2.05) is 37.4 Å². The van der Waals surface area contributed by atoms with E-state index in [0.29, 0.717) is 11.3 Å². The second-order valence-electron chi connectivity index (χ2n) is 8.46. The average Bonchev–Trinajstić information content (AvgIpc) is 3.12. The molecule has 0 fully saturated rings. The van der Waals surface area contributed by atoms with E-state index in [1.54, 1.807) is 61.0 Å². The van der Waals surface area contributed by atoms with Gasteiger partial charge >= 0.3 is 5.97 Å². The van der Waals surface area contributed by atoms with E-state index < -0.39 is 11.6 Å². The summed E-state index contributed by atoms with van der Waals surface area (Å²) >= 11 is 0. The Morgan fingerprint density at radius 1 is 0.971 bits per heavy atom. The summed E-state index contributed by atoms with van der Waals surface area (Å²) in [4.78, 5) is 12.7. The number of para-hydroxylation sites is 1. The second-order valence-corrected chi connectivity index (χ2v) is 8.46. The number of carbonyl (C=O) groups is 1. The molecule has 0 atom stereocenters. The van der Waals surface area contributed by atoms with Crippen molar-refractivity contribution in [3.05, 3.63) is 83.6 Å². The number of aryl methyl sites for hydroxylation is 1. The molecule has 3 aromatic carbocycles. The number of benzene rings is 3. The Bertz CT molecular complexity index is 1330. The van der Waals surface area contributed by atoms with Crippen molar-refractivity contribution in [2.75, 3.05) is 0 Å². The largest absolute Gasteiger partial charge is 0.508 e. The fourth-order valence-corrected chi connectivity index (χ4v) is 3.49. The number of esters is 1. The molecule has 7 nitrogen and oxygen atoms in total. The van der Waals surface area contributed by atoms with E-state index in [1.165, 1.54) is 6.07 Å². The summed E-state index contributed by atoms with van der Waals surface area (Å²) in [5.74, 6) is -0.130. The molecule has 4 rings (SSSR count). The van der Waals surface area contributed by atoms with Gasteiger partial charge in [0.15, 0.2) is 5.60 Å². The first-order chi connectivity index (χ1) is 16.2. The monoisotopic (exact) mass is 458 g/mol. The second kappa shape index (κ2) is 9.41. The van der Waals surface area contributed by atoms with Crippen LogP contribution >= 0.6 is 0 Å². The van der Waals surface area contributed by atoms with Crippen LogP contribution in [0.1, 0.15) is 30.7 Å². The first-order valence-electron chi connectivity index (χ1n) is 10.8. The lowest BCUT2D eigenvalue weighted by molar-refractivity contribution is -0.159. The number of hydrogen-bond acceptors (Lipinski definition) is 6. The number of rotatable bonds is 7. The molecule has 0 aliphatic heterocycles. The van der Waals surface area contributed by atoms with E-state index in [9.17, 15) is 15.0 Å². The van der Waals surface area contributed by atoms with Crippen molar-refractivity contribution in [1.82, 2.24) is 9.78 Å².